The molecular formula is C19H18Br2FN3O2. The lowest BCUT2D eigenvalue weighted by Gasteiger charge is -2.19. The molecule has 1 heterocycles. The van der Waals surface area contributed by atoms with Gasteiger partial charge in [0, 0.05) is 23.1 Å². The normalized spacial score (nSPS) is 14.1. The van der Waals surface area contributed by atoms with Gasteiger partial charge >= 0.3 is 0 Å². The number of aryl methyl sites for hydroxylation is 1. The van der Waals surface area contributed by atoms with E-state index < -0.39 is 5.91 Å². The molecule has 1 aliphatic rings. The fourth-order valence-electron chi connectivity index (χ4n) is 2.98. The Bertz CT molecular complexity index is 912. The van der Waals surface area contributed by atoms with Gasteiger partial charge in [-0.3, -0.25) is 4.79 Å². The van der Waals surface area contributed by atoms with Gasteiger partial charge in [-0.1, -0.05) is 15.9 Å². The number of nitrogens with one attached hydrogen (secondary N) is 1. The number of rotatable bonds is 4. The molecule has 5 nitrogen and oxygen atoms in total. The van der Waals surface area contributed by atoms with Gasteiger partial charge in [0.2, 0.25) is 0 Å². The van der Waals surface area contributed by atoms with E-state index in [2.05, 4.69) is 42.4 Å². The van der Waals surface area contributed by atoms with Gasteiger partial charge < -0.3 is 10.0 Å². The Morgan fingerprint density at radius 2 is 1.96 bits per heavy atom. The Morgan fingerprint density at radius 1 is 1.26 bits per heavy atom. The highest BCUT2D eigenvalue weighted by Gasteiger charge is 2.17. The summed E-state index contributed by atoms with van der Waals surface area (Å²) in [4.78, 5) is 14.3. The lowest BCUT2D eigenvalue weighted by molar-refractivity contribution is 0.0952. The molecule has 0 spiro atoms. The molecule has 1 saturated heterocycles. The van der Waals surface area contributed by atoms with Crippen molar-refractivity contribution < 1.29 is 14.3 Å². The number of halogens is 3. The number of amides is 1. The lowest BCUT2D eigenvalue weighted by Crippen LogP contribution is -2.20. The first-order chi connectivity index (χ1) is 12.9. The van der Waals surface area contributed by atoms with Gasteiger partial charge in [0.1, 0.15) is 11.6 Å². The molecule has 8 heteroatoms. The fraction of sp³-hybridized carbons (Fsp3) is 0.263. The Balaban J connectivity index is 1.75. The van der Waals surface area contributed by atoms with E-state index >= 15 is 0 Å². The molecule has 1 aliphatic heterocycles. The number of phenols is 1. The highest BCUT2D eigenvalue weighted by molar-refractivity contribution is 9.11. The van der Waals surface area contributed by atoms with E-state index in [1.807, 2.05) is 11.8 Å². The third-order valence-electron chi connectivity index (χ3n) is 4.42. The van der Waals surface area contributed by atoms with Gasteiger partial charge in [-0.15, -0.1) is 0 Å². The van der Waals surface area contributed by atoms with E-state index in [1.54, 1.807) is 12.1 Å². The zero-order valence-electron chi connectivity index (χ0n) is 14.6. The van der Waals surface area contributed by atoms with E-state index in [4.69, 9.17) is 0 Å². The summed E-state index contributed by atoms with van der Waals surface area (Å²) in [6.07, 6.45) is 3.55. The van der Waals surface area contributed by atoms with Crippen molar-refractivity contribution in [1.82, 2.24) is 5.43 Å². The average molecular weight is 499 g/mol. The molecule has 2 N–H and O–H groups in total. The van der Waals surface area contributed by atoms with Crippen LogP contribution in [-0.2, 0) is 0 Å². The monoisotopic (exact) mass is 497 g/mol. The molecule has 0 aliphatic carbocycles. The van der Waals surface area contributed by atoms with Crippen LogP contribution in [0.3, 0.4) is 0 Å². The smallest absolute Gasteiger partial charge is 0.275 e. The summed E-state index contributed by atoms with van der Waals surface area (Å²) in [6.45, 7) is 3.61. The number of anilines is 1. The second-order valence-corrected chi connectivity index (χ2v) is 8.11. The molecule has 1 fully saturated rings. The van der Waals surface area contributed by atoms with Crippen LogP contribution >= 0.6 is 31.9 Å². The number of benzene rings is 2. The van der Waals surface area contributed by atoms with Crippen molar-refractivity contribution in [3.63, 3.8) is 0 Å². The molecule has 1 amide bonds. The Labute approximate surface area is 173 Å². The molecule has 2 aromatic carbocycles. The molecular weight excluding hydrogens is 481 g/mol. The second kappa shape index (κ2) is 8.39. The largest absolute Gasteiger partial charge is 0.506 e. The first-order valence-corrected chi connectivity index (χ1v) is 10.0. The van der Waals surface area contributed by atoms with Gasteiger partial charge in [0.05, 0.1) is 21.9 Å². The number of carbonyl (C=O) groups is 1. The number of hydrazone groups is 1. The van der Waals surface area contributed by atoms with Crippen LogP contribution < -0.4 is 10.3 Å². The number of phenolic OH excluding ortho intramolecular Hbond substituents is 1. The molecule has 142 valence electrons. The van der Waals surface area contributed by atoms with Crippen LogP contribution in [0.5, 0.6) is 5.75 Å². The quantitative estimate of drug-likeness (QED) is 0.473. The average Bonchev–Trinajstić information content (AvgIpc) is 3.15. The summed E-state index contributed by atoms with van der Waals surface area (Å²) in [5, 5.41) is 13.9. The summed E-state index contributed by atoms with van der Waals surface area (Å²) in [5.41, 5.74) is 4.48. The van der Waals surface area contributed by atoms with Gasteiger partial charge in [-0.25, -0.2) is 9.82 Å². The first kappa shape index (κ1) is 19.8. The minimum absolute atomic E-state index is 0.0701. The molecule has 0 atom stereocenters. The van der Waals surface area contributed by atoms with E-state index in [0.29, 0.717) is 20.2 Å². The van der Waals surface area contributed by atoms with Crippen LogP contribution in [0.1, 0.15) is 34.3 Å². The van der Waals surface area contributed by atoms with Crippen LogP contribution in [0.4, 0.5) is 10.1 Å². The van der Waals surface area contributed by atoms with Crippen molar-refractivity contribution in [2.24, 2.45) is 5.10 Å². The van der Waals surface area contributed by atoms with E-state index in [9.17, 15) is 14.3 Å². The number of hydrogen-bond acceptors (Lipinski definition) is 4. The zero-order valence-corrected chi connectivity index (χ0v) is 17.8. The van der Waals surface area contributed by atoms with E-state index in [-0.39, 0.29) is 17.1 Å². The van der Waals surface area contributed by atoms with E-state index in [0.717, 1.165) is 31.5 Å². The first-order valence-electron chi connectivity index (χ1n) is 8.43. The van der Waals surface area contributed by atoms with Crippen LogP contribution in [-0.4, -0.2) is 30.3 Å². The minimum Gasteiger partial charge on any atom is -0.506 e. The van der Waals surface area contributed by atoms with Crippen molar-refractivity contribution in [3.8, 4) is 5.75 Å². The van der Waals surface area contributed by atoms with Gasteiger partial charge in [0.15, 0.2) is 0 Å². The maximum atomic E-state index is 14.4. The Morgan fingerprint density at radius 3 is 2.67 bits per heavy atom. The molecule has 0 radical (unpaired) electrons. The topological polar surface area (TPSA) is 64.9 Å². The summed E-state index contributed by atoms with van der Waals surface area (Å²) >= 11 is 6.45. The predicted molar refractivity (Wildman–Crippen MR) is 111 cm³/mol. The summed E-state index contributed by atoms with van der Waals surface area (Å²) in [6, 6.07) is 6.34. The SMILES string of the molecule is Cc1cc(N2CCCC2)c(F)cc1C=NNC(=O)c1cc(Br)cc(Br)c1O. The van der Waals surface area contributed by atoms with Gasteiger partial charge in [-0.2, -0.15) is 5.10 Å². The van der Waals surface area contributed by atoms with Crippen molar-refractivity contribution in [2.75, 3.05) is 18.0 Å². The summed E-state index contributed by atoms with van der Waals surface area (Å²) < 4.78 is 15.5. The lowest BCUT2D eigenvalue weighted by atomic mass is 10.1. The van der Waals surface area contributed by atoms with E-state index in [1.165, 1.54) is 18.3 Å². The Kier molecular flexibility index (Phi) is 6.16. The molecule has 2 aromatic rings. The number of nitrogens with zero attached hydrogens (tertiary/aromatic N) is 2. The molecule has 0 saturated carbocycles. The maximum Gasteiger partial charge on any atom is 0.275 e. The zero-order chi connectivity index (χ0) is 19.6. The highest BCUT2D eigenvalue weighted by atomic mass is 79.9. The van der Waals surface area contributed by atoms with Crippen molar-refractivity contribution in [1.29, 1.82) is 0 Å². The maximum absolute atomic E-state index is 14.4. The summed E-state index contributed by atoms with van der Waals surface area (Å²) in [5.74, 6) is -1.05. The van der Waals surface area contributed by atoms with Gasteiger partial charge in [0.25, 0.3) is 5.91 Å². The molecule has 27 heavy (non-hydrogen) atoms. The number of hydrogen-bond donors (Lipinski definition) is 2. The summed E-state index contributed by atoms with van der Waals surface area (Å²) in [7, 11) is 0. The van der Waals surface area contributed by atoms with Crippen molar-refractivity contribution >= 4 is 49.7 Å². The highest BCUT2D eigenvalue weighted by Crippen LogP contribution is 2.31. The predicted octanol–water partition coefficient (Wildman–Crippen LogP) is 4.73. The van der Waals surface area contributed by atoms with Crippen LogP contribution in [0.15, 0.2) is 38.3 Å². The number of aromatic hydroxyl groups is 1. The third-order valence-corrected chi connectivity index (χ3v) is 5.49. The second-order valence-electron chi connectivity index (χ2n) is 6.34. The van der Waals surface area contributed by atoms with Crippen molar-refractivity contribution in [3.05, 3.63) is 55.7 Å². The third kappa shape index (κ3) is 4.50. The minimum atomic E-state index is -0.572. The standard InChI is InChI=1S/C19H18Br2FN3O2/c1-11-6-17(25-4-2-3-5-25)16(22)7-12(11)10-23-24-19(27)14-8-13(20)9-15(21)18(14)26/h6-10,26H,2-5H2,1H3,(H,24,27). The Hall–Kier alpha value is -1.93. The van der Waals surface area contributed by atoms with Gasteiger partial charge in [-0.05, 0) is 65.5 Å². The van der Waals surface area contributed by atoms with Crippen LogP contribution in [0.2, 0.25) is 0 Å². The molecule has 0 unspecified atom stereocenters. The molecule has 0 aromatic heterocycles. The fourth-order valence-corrected chi connectivity index (χ4v) is 4.21. The molecule has 3 rings (SSSR count). The van der Waals surface area contributed by atoms with Crippen LogP contribution in [0, 0.1) is 12.7 Å². The van der Waals surface area contributed by atoms with Crippen molar-refractivity contribution in [2.45, 2.75) is 19.8 Å². The van der Waals surface area contributed by atoms with Crippen LogP contribution in [0.25, 0.3) is 0 Å². The number of carbonyl (C=O) groups excluding carboxylic acids is 1. The molecule has 0 bridgehead atoms.